The van der Waals surface area contributed by atoms with Crippen LogP contribution in [0.5, 0.6) is 0 Å². The molecule has 2 aromatic carbocycles. The average molecular weight is 306 g/mol. The van der Waals surface area contributed by atoms with Gasteiger partial charge in [0.2, 0.25) is 0 Å². The van der Waals surface area contributed by atoms with Crippen molar-refractivity contribution in [1.82, 2.24) is 0 Å². The molecule has 5 nitrogen and oxygen atoms in total. The Kier molecular flexibility index (Phi) is 5.00. The minimum Gasteiger partial charge on any atom is -0.385 e. The summed E-state index contributed by atoms with van der Waals surface area (Å²) in [6.45, 7) is 3.19. The Morgan fingerprint density at radius 2 is 1.86 bits per heavy atom. The maximum absolute atomic E-state index is 11.0. The Labute approximate surface area is 128 Å². The van der Waals surface area contributed by atoms with Crippen molar-refractivity contribution in [3.05, 3.63) is 63.2 Å². The number of benzene rings is 2. The summed E-state index contributed by atoms with van der Waals surface area (Å²) < 4.78 is 0. The molecule has 0 aliphatic carbocycles. The summed E-state index contributed by atoms with van der Waals surface area (Å²) in [6.07, 6.45) is 0. The van der Waals surface area contributed by atoms with Crippen LogP contribution in [0.4, 0.5) is 17.1 Å². The van der Waals surface area contributed by atoms with E-state index < -0.39 is 4.92 Å². The molecule has 0 heterocycles. The predicted octanol–water partition coefficient (Wildman–Crippen LogP) is 4.29. The number of nitrogens with zero attached hydrogens (tertiary/aromatic N) is 1. The molecule has 2 aromatic rings. The predicted molar refractivity (Wildman–Crippen MR) is 86.0 cm³/mol. The molecule has 2 N–H and O–H groups in total. The van der Waals surface area contributed by atoms with Gasteiger partial charge < -0.3 is 10.6 Å². The van der Waals surface area contributed by atoms with Crippen LogP contribution in [0.15, 0.2) is 42.5 Å². The van der Waals surface area contributed by atoms with E-state index >= 15 is 0 Å². The molecule has 0 aromatic heterocycles. The fourth-order valence-corrected chi connectivity index (χ4v) is 2.19. The molecule has 6 heteroatoms. The highest BCUT2D eigenvalue weighted by Crippen LogP contribution is 2.25. The van der Waals surface area contributed by atoms with Crippen molar-refractivity contribution in [3.8, 4) is 0 Å². The van der Waals surface area contributed by atoms with Gasteiger partial charge in [-0.3, -0.25) is 10.1 Å². The molecule has 0 aliphatic heterocycles. The van der Waals surface area contributed by atoms with Crippen LogP contribution in [0.3, 0.4) is 0 Å². The molecule has 0 amide bonds. The first-order chi connectivity index (χ1) is 10.1. The smallest absolute Gasteiger partial charge is 0.273 e. The van der Waals surface area contributed by atoms with E-state index in [-0.39, 0.29) is 5.69 Å². The van der Waals surface area contributed by atoms with Gasteiger partial charge in [-0.25, -0.2) is 0 Å². The van der Waals surface area contributed by atoms with Gasteiger partial charge in [-0.15, -0.1) is 0 Å². The highest BCUT2D eigenvalue weighted by Gasteiger charge is 2.09. The zero-order chi connectivity index (χ0) is 15.2. The molecule has 0 radical (unpaired) electrons. The molecule has 0 aliphatic rings. The van der Waals surface area contributed by atoms with Gasteiger partial charge in [0.15, 0.2) is 0 Å². The van der Waals surface area contributed by atoms with E-state index in [4.69, 9.17) is 11.6 Å². The van der Waals surface area contributed by atoms with Gasteiger partial charge in [-0.05, 0) is 30.7 Å². The monoisotopic (exact) mass is 305 g/mol. The maximum atomic E-state index is 11.0. The molecular weight excluding hydrogens is 290 g/mol. The molecule has 2 rings (SSSR count). The van der Waals surface area contributed by atoms with Crippen LogP contribution in [-0.2, 0) is 6.54 Å². The zero-order valence-corrected chi connectivity index (χ0v) is 12.4. The molecule has 21 heavy (non-hydrogen) atoms. The second kappa shape index (κ2) is 6.95. The second-order valence-electron chi connectivity index (χ2n) is 4.54. The average Bonchev–Trinajstić information content (AvgIpc) is 2.45. The Bertz CT molecular complexity index is 647. The summed E-state index contributed by atoms with van der Waals surface area (Å²) in [5.41, 5.74) is 2.49. The van der Waals surface area contributed by atoms with Crippen molar-refractivity contribution in [1.29, 1.82) is 0 Å². The number of halogens is 1. The second-order valence-corrected chi connectivity index (χ2v) is 4.98. The van der Waals surface area contributed by atoms with Crippen LogP contribution in [-0.4, -0.2) is 11.5 Å². The lowest BCUT2D eigenvalue weighted by atomic mass is 10.2. The zero-order valence-electron chi connectivity index (χ0n) is 11.6. The molecule has 0 unspecified atom stereocenters. The fraction of sp³-hybridized carbons (Fsp3) is 0.200. The third kappa shape index (κ3) is 4.36. The van der Waals surface area contributed by atoms with Gasteiger partial charge in [0, 0.05) is 41.6 Å². The Balaban J connectivity index is 2.16. The van der Waals surface area contributed by atoms with Gasteiger partial charge >= 0.3 is 0 Å². The number of hydrogen-bond donors (Lipinski definition) is 2. The Morgan fingerprint density at radius 3 is 2.48 bits per heavy atom. The van der Waals surface area contributed by atoms with Gasteiger partial charge in [0.05, 0.1) is 4.92 Å². The largest absolute Gasteiger partial charge is 0.385 e. The molecule has 110 valence electrons. The molecule has 0 spiro atoms. The van der Waals surface area contributed by atoms with E-state index in [0.717, 1.165) is 11.3 Å². The van der Waals surface area contributed by atoms with Crippen molar-refractivity contribution in [3.63, 3.8) is 0 Å². The quantitative estimate of drug-likeness (QED) is 0.617. The minimum absolute atomic E-state index is 0.0574. The third-order valence-electron chi connectivity index (χ3n) is 2.90. The highest BCUT2D eigenvalue weighted by molar-refractivity contribution is 6.30. The van der Waals surface area contributed by atoms with Crippen molar-refractivity contribution >= 4 is 28.7 Å². The van der Waals surface area contributed by atoms with Gasteiger partial charge in [-0.2, -0.15) is 0 Å². The number of hydrogen-bond acceptors (Lipinski definition) is 4. The summed E-state index contributed by atoms with van der Waals surface area (Å²) in [4.78, 5) is 10.6. The van der Waals surface area contributed by atoms with Crippen LogP contribution in [0.25, 0.3) is 0 Å². The minimum atomic E-state index is -0.397. The maximum Gasteiger partial charge on any atom is 0.273 e. The molecule has 0 bridgehead atoms. The summed E-state index contributed by atoms with van der Waals surface area (Å²) in [7, 11) is 0. The lowest BCUT2D eigenvalue weighted by Gasteiger charge is -2.10. The molecule has 0 saturated heterocycles. The van der Waals surface area contributed by atoms with Crippen LogP contribution < -0.4 is 10.6 Å². The van der Waals surface area contributed by atoms with Gasteiger partial charge in [-0.1, -0.05) is 23.7 Å². The first-order valence-electron chi connectivity index (χ1n) is 6.60. The van der Waals surface area contributed by atoms with Crippen molar-refractivity contribution in [2.24, 2.45) is 0 Å². The van der Waals surface area contributed by atoms with Crippen LogP contribution in [0.2, 0.25) is 5.02 Å². The number of nitrogens with one attached hydrogen (secondary N) is 2. The lowest BCUT2D eigenvalue weighted by Crippen LogP contribution is -2.03. The molecule has 0 atom stereocenters. The van der Waals surface area contributed by atoms with E-state index in [2.05, 4.69) is 10.6 Å². The van der Waals surface area contributed by atoms with E-state index in [1.54, 1.807) is 0 Å². The van der Waals surface area contributed by atoms with Crippen molar-refractivity contribution in [2.45, 2.75) is 13.5 Å². The molecular formula is C15H16ClN3O2. The summed E-state index contributed by atoms with van der Waals surface area (Å²) in [5.74, 6) is 0. The van der Waals surface area contributed by atoms with Crippen LogP contribution in [0, 0.1) is 10.1 Å². The van der Waals surface area contributed by atoms with Crippen LogP contribution >= 0.6 is 11.6 Å². The van der Waals surface area contributed by atoms with Gasteiger partial charge in [0.1, 0.15) is 0 Å². The standard InChI is InChI=1S/C15H16ClN3O2/c1-2-17-13-7-14(9-15(8-13)19(20)21)18-10-11-4-3-5-12(16)6-11/h3-9,17-18H,2,10H2,1H3. The summed E-state index contributed by atoms with van der Waals surface area (Å²) in [5, 5.41) is 17.9. The van der Waals surface area contributed by atoms with Crippen molar-refractivity contribution in [2.75, 3.05) is 17.2 Å². The summed E-state index contributed by atoms with van der Waals surface area (Å²) >= 11 is 5.93. The highest BCUT2D eigenvalue weighted by atomic mass is 35.5. The Morgan fingerprint density at radius 1 is 1.14 bits per heavy atom. The van der Waals surface area contributed by atoms with E-state index in [1.807, 2.05) is 37.3 Å². The fourth-order valence-electron chi connectivity index (χ4n) is 1.98. The SMILES string of the molecule is CCNc1cc(NCc2cccc(Cl)c2)cc([N+](=O)[O-])c1. The topological polar surface area (TPSA) is 67.2 Å². The number of non-ortho nitro benzene ring substituents is 1. The molecule has 0 saturated carbocycles. The number of anilines is 2. The number of nitro benzene ring substituents is 1. The lowest BCUT2D eigenvalue weighted by molar-refractivity contribution is -0.384. The first kappa shape index (κ1) is 15.1. The van der Waals surface area contributed by atoms with Crippen LogP contribution in [0.1, 0.15) is 12.5 Å². The molecule has 0 fully saturated rings. The number of rotatable bonds is 6. The van der Waals surface area contributed by atoms with Gasteiger partial charge in [0.25, 0.3) is 5.69 Å². The van der Waals surface area contributed by atoms with E-state index in [0.29, 0.717) is 23.8 Å². The third-order valence-corrected chi connectivity index (χ3v) is 3.13. The van der Waals surface area contributed by atoms with Crippen molar-refractivity contribution < 1.29 is 4.92 Å². The first-order valence-corrected chi connectivity index (χ1v) is 6.98. The normalized spacial score (nSPS) is 10.2. The summed E-state index contributed by atoms with van der Waals surface area (Å²) in [6, 6.07) is 12.4. The van der Waals surface area contributed by atoms with E-state index in [1.165, 1.54) is 12.1 Å². The Hall–Kier alpha value is -2.27. The number of nitro groups is 1. The van der Waals surface area contributed by atoms with E-state index in [9.17, 15) is 10.1 Å².